The van der Waals surface area contributed by atoms with Crippen LogP contribution < -0.4 is 0 Å². The lowest BCUT2D eigenvalue weighted by atomic mass is 10.1. The van der Waals surface area contributed by atoms with Gasteiger partial charge in [-0.3, -0.25) is 9.69 Å². The van der Waals surface area contributed by atoms with Crippen molar-refractivity contribution in [1.82, 2.24) is 9.80 Å². The number of likely N-dealkylation sites (tertiary alicyclic amines) is 1. The fraction of sp³-hybridized carbons (Fsp3) is 0.350. The van der Waals surface area contributed by atoms with Crippen LogP contribution in [0, 0.1) is 0 Å². The summed E-state index contributed by atoms with van der Waals surface area (Å²) in [7, 11) is 0. The second-order valence-corrected chi connectivity index (χ2v) is 6.52. The zero-order valence-electron chi connectivity index (χ0n) is 13.3. The molecule has 23 heavy (non-hydrogen) atoms. The number of benzene rings is 2. The molecule has 3 heteroatoms. The molecule has 2 aliphatic heterocycles. The summed E-state index contributed by atoms with van der Waals surface area (Å²) in [5.74, 6) is 0.200. The number of amides is 1. The highest BCUT2D eigenvalue weighted by molar-refractivity contribution is 5.98. The van der Waals surface area contributed by atoms with Crippen LogP contribution in [-0.2, 0) is 13.1 Å². The summed E-state index contributed by atoms with van der Waals surface area (Å²) in [5.41, 5.74) is 3.38. The Labute approximate surface area is 137 Å². The first-order chi connectivity index (χ1) is 11.3. The molecule has 1 amide bonds. The zero-order valence-corrected chi connectivity index (χ0v) is 13.3. The molecule has 2 aromatic carbocycles. The van der Waals surface area contributed by atoms with E-state index in [4.69, 9.17) is 0 Å². The van der Waals surface area contributed by atoms with E-state index in [0.717, 1.165) is 31.6 Å². The van der Waals surface area contributed by atoms with Gasteiger partial charge in [-0.25, -0.2) is 0 Å². The molecule has 1 unspecified atom stereocenters. The maximum atomic E-state index is 12.8. The topological polar surface area (TPSA) is 23.6 Å². The van der Waals surface area contributed by atoms with Gasteiger partial charge in [-0.05, 0) is 36.5 Å². The molecule has 0 aliphatic carbocycles. The highest BCUT2D eigenvalue weighted by Gasteiger charge is 2.36. The number of nitrogens with zero attached hydrogens (tertiary/aromatic N) is 2. The van der Waals surface area contributed by atoms with E-state index < -0.39 is 0 Å². The van der Waals surface area contributed by atoms with Crippen molar-refractivity contribution in [2.45, 2.75) is 38.5 Å². The van der Waals surface area contributed by atoms with Crippen molar-refractivity contribution in [3.05, 3.63) is 71.3 Å². The van der Waals surface area contributed by atoms with Crippen LogP contribution in [0.25, 0.3) is 0 Å². The molecule has 1 fully saturated rings. The molecule has 0 bridgehead atoms. The molecule has 0 N–H and O–H groups in total. The van der Waals surface area contributed by atoms with Gasteiger partial charge in [0.25, 0.3) is 5.91 Å². The van der Waals surface area contributed by atoms with Gasteiger partial charge in [0.1, 0.15) is 0 Å². The molecule has 0 radical (unpaired) electrons. The van der Waals surface area contributed by atoms with Crippen molar-refractivity contribution in [3.8, 4) is 0 Å². The number of rotatable bonds is 3. The monoisotopic (exact) mass is 306 g/mol. The summed E-state index contributed by atoms with van der Waals surface area (Å²) in [5, 5.41) is 0. The first-order valence-corrected chi connectivity index (χ1v) is 8.50. The number of fused-ring (bicyclic) bond motifs is 1. The lowest BCUT2D eigenvalue weighted by molar-refractivity contribution is 0.0111. The van der Waals surface area contributed by atoms with Crippen LogP contribution >= 0.6 is 0 Å². The normalized spacial score (nSPS) is 21.5. The molecule has 1 saturated heterocycles. The third-order valence-corrected chi connectivity index (χ3v) is 5.02. The zero-order chi connectivity index (χ0) is 15.6. The summed E-state index contributed by atoms with van der Waals surface area (Å²) in [6, 6.07) is 18.6. The molecule has 0 aromatic heterocycles. The Bertz CT molecular complexity index is 698. The lowest BCUT2D eigenvalue weighted by Gasteiger charge is -2.41. The number of hydrogen-bond donors (Lipinski definition) is 0. The van der Waals surface area contributed by atoms with Crippen molar-refractivity contribution >= 4 is 5.91 Å². The Balaban J connectivity index is 1.56. The third-order valence-electron chi connectivity index (χ3n) is 5.02. The summed E-state index contributed by atoms with van der Waals surface area (Å²) in [4.78, 5) is 17.3. The molecule has 4 rings (SSSR count). The molecular formula is C20H22N2O. The van der Waals surface area contributed by atoms with Crippen LogP contribution in [0.1, 0.15) is 40.7 Å². The highest BCUT2D eigenvalue weighted by atomic mass is 16.2. The number of carbonyl (C=O) groups excluding carboxylic acids is 1. The number of hydrogen-bond acceptors (Lipinski definition) is 2. The second-order valence-electron chi connectivity index (χ2n) is 6.52. The van der Waals surface area contributed by atoms with E-state index in [0.29, 0.717) is 0 Å². The highest BCUT2D eigenvalue weighted by Crippen LogP contribution is 2.30. The quantitative estimate of drug-likeness (QED) is 0.864. The van der Waals surface area contributed by atoms with Crippen molar-refractivity contribution in [2.75, 3.05) is 6.54 Å². The van der Waals surface area contributed by atoms with Gasteiger partial charge < -0.3 is 4.90 Å². The van der Waals surface area contributed by atoms with Crippen molar-refractivity contribution < 1.29 is 4.79 Å². The van der Waals surface area contributed by atoms with Crippen LogP contribution in [0.15, 0.2) is 54.6 Å². The Kier molecular flexibility index (Phi) is 3.88. The fourth-order valence-electron chi connectivity index (χ4n) is 3.85. The minimum atomic E-state index is 0.200. The largest absolute Gasteiger partial charge is 0.319 e. The van der Waals surface area contributed by atoms with Gasteiger partial charge in [-0.2, -0.15) is 0 Å². The van der Waals surface area contributed by atoms with Gasteiger partial charge in [0.2, 0.25) is 0 Å². The third kappa shape index (κ3) is 2.77. The first kappa shape index (κ1) is 14.5. The SMILES string of the molecule is O=C1c2ccccc2CN1C1CCCCN1Cc1ccccc1. The standard InChI is InChI=1S/C20H22N2O/c23-20-18-11-5-4-10-17(18)15-22(20)19-12-6-7-13-21(19)14-16-8-2-1-3-9-16/h1-5,8-11,19H,6-7,12-15H2. The Morgan fingerprint density at radius 3 is 2.57 bits per heavy atom. The molecule has 3 nitrogen and oxygen atoms in total. The van der Waals surface area contributed by atoms with Crippen molar-refractivity contribution in [2.24, 2.45) is 0 Å². The fourth-order valence-corrected chi connectivity index (χ4v) is 3.85. The van der Waals surface area contributed by atoms with Gasteiger partial charge in [0, 0.05) is 25.2 Å². The van der Waals surface area contributed by atoms with E-state index in [2.05, 4.69) is 46.2 Å². The smallest absolute Gasteiger partial charge is 0.255 e. The minimum absolute atomic E-state index is 0.200. The van der Waals surface area contributed by atoms with Crippen molar-refractivity contribution in [3.63, 3.8) is 0 Å². The van der Waals surface area contributed by atoms with Gasteiger partial charge in [0.05, 0.1) is 6.17 Å². The maximum Gasteiger partial charge on any atom is 0.255 e. The second kappa shape index (κ2) is 6.17. The Morgan fingerprint density at radius 2 is 1.74 bits per heavy atom. The Morgan fingerprint density at radius 1 is 0.957 bits per heavy atom. The molecular weight excluding hydrogens is 284 g/mol. The molecule has 118 valence electrons. The average Bonchev–Trinajstić information content (AvgIpc) is 2.94. The van der Waals surface area contributed by atoms with Crippen molar-refractivity contribution in [1.29, 1.82) is 0 Å². The molecule has 2 heterocycles. The van der Waals surface area contributed by atoms with Gasteiger partial charge in [-0.15, -0.1) is 0 Å². The van der Waals surface area contributed by atoms with Crippen LogP contribution in [0.3, 0.4) is 0 Å². The molecule has 0 spiro atoms. The predicted molar refractivity (Wildman–Crippen MR) is 90.8 cm³/mol. The number of carbonyl (C=O) groups is 1. The first-order valence-electron chi connectivity index (χ1n) is 8.50. The van der Waals surface area contributed by atoms with Gasteiger partial charge >= 0.3 is 0 Å². The van der Waals surface area contributed by atoms with Crippen LogP contribution in [0.4, 0.5) is 0 Å². The average molecular weight is 306 g/mol. The Hall–Kier alpha value is -2.13. The van der Waals surface area contributed by atoms with Crippen LogP contribution in [0.2, 0.25) is 0 Å². The predicted octanol–water partition coefficient (Wildman–Crippen LogP) is 3.65. The van der Waals surface area contributed by atoms with Crippen LogP contribution in [0.5, 0.6) is 0 Å². The lowest BCUT2D eigenvalue weighted by Crippen LogP contribution is -2.50. The van der Waals surface area contributed by atoms with Gasteiger partial charge in [-0.1, -0.05) is 48.5 Å². The number of piperidine rings is 1. The van der Waals surface area contributed by atoms with E-state index in [9.17, 15) is 4.79 Å². The summed E-state index contributed by atoms with van der Waals surface area (Å²) in [6.07, 6.45) is 3.73. The van der Waals surface area contributed by atoms with E-state index in [1.165, 1.54) is 24.0 Å². The van der Waals surface area contributed by atoms with Gasteiger partial charge in [0.15, 0.2) is 0 Å². The maximum absolute atomic E-state index is 12.8. The molecule has 2 aromatic rings. The van der Waals surface area contributed by atoms with E-state index in [1.807, 2.05) is 18.2 Å². The summed E-state index contributed by atoms with van der Waals surface area (Å²) >= 11 is 0. The van der Waals surface area contributed by atoms with E-state index in [-0.39, 0.29) is 12.1 Å². The summed E-state index contributed by atoms with van der Waals surface area (Å²) in [6.45, 7) is 2.75. The van der Waals surface area contributed by atoms with E-state index in [1.54, 1.807) is 0 Å². The molecule has 1 atom stereocenters. The minimum Gasteiger partial charge on any atom is -0.319 e. The summed E-state index contributed by atoms with van der Waals surface area (Å²) < 4.78 is 0. The van der Waals surface area contributed by atoms with E-state index >= 15 is 0 Å². The molecule has 2 aliphatic rings. The molecule has 0 saturated carbocycles. The van der Waals surface area contributed by atoms with Crippen LogP contribution in [-0.4, -0.2) is 28.4 Å².